The maximum Gasteiger partial charge on any atom is 0.434 e. The van der Waals surface area contributed by atoms with E-state index in [2.05, 4.69) is 10.4 Å². The number of amides is 1. The van der Waals surface area contributed by atoms with Crippen LogP contribution >= 0.6 is 11.6 Å². The first-order valence-corrected chi connectivity index (χ1v) is 9.74. The van der Waals surface area contributed by atoms with E-state index in [9.17, 15) is 26.4 Å². The number of nitrogens with two attached hydrogens (primary N) is 1. The maximum absolute atomic E-state index is 13.6. The van der Waals surface area contributed by atoms with E-state index in [1.54, 1.807) is 0 Å². The highest BCUT2D eigenvalue weighted by atomic mass is 35.5. The first-order valence-electron chi connectivity index (χ1n) is 7.82. The summed E-state index contributed by atoms with van der Waals surface area (Å²) in [5, 5.41) is 11.3. The summed E-state index contributed by atoms with van der Waals surface area (Å²) in [6.45, 7) is 0. The zero-order valence-corrected chi connectivity index (χ0v) is 15.9. The van der Waals surface area contributed by atoms with Gasteiger partial charge in [0.05, 0.1) is 22.3 Å². The van der Waals surface area contributed by atoms with Gasteiger partial charge in [-0.05, 0) is 48.5 Å². The summed E-state index contributed by atoms with van der Waals surface area (Å²) in [6.07, 6.45) is -4.08. The lowest BCUT2D eigenvalue weighted by atomic mass is 10.2. The SMILES string of the molecule is NS(=O)(=O)c1ccc(NC(=O)c2cnn(-c3ccc(Cl)cc3)c2C(F)(F)F)cc1. The summed E-state index contributed by atoms with van der Waals surface area (Å²) >= 11 is 5.75. The number of nitrogens with one attached hydrogen (secondary N) is 1. The second kappa shape index (κ2) is 7.50. The molecule has 0 aliphatic heterocycles. The molecule has 3 aromatic rings. The first-order chi connectivity index (χ1) is 13.5. The number of benzene rings is 2. The molecule has 3 rings (SSSR count). The van der Waals surface area contributed by atoms with Crippen molar-refractivity contribution >= 4 is 33.2 Å². The van der Waals surface area contributed by atoms with E-state index in [4.69, 9.17) is 16.7 Å². The number of halogens is 4. The largest absolute Gasteiger partial charge is 0.434 e. The van der Waals surface area contributed by atoms with Gasteiger partial charge in [0.15, 0.2) is 5.69 Å². The minimum Gasteiger partial charge on any atom is -0.322 e. The molecule has 0 aliphatic rings. The number of nitrogens with zero attached hydrogens (tertiary/aromatic N) is 2. The highest BCUT2D eigenvalue weighted by Gasteiger charge is 2.40. The number of carbonyl (C=O) groups is 1. The lowest BCUT2D eigenvalue weighted by Gasteiger charge is -2.13. The van der Waals surface area contributed by atoms with E-state index in [0.717, 1.165) is 18.3 Å². The van der Waals surface area contributed by atoms with Crippen molar-refractivity contribution in [2.24, 2.45) is 5.14 Å². The molecule has 7 nitrogen and oxygen atoms in total. The van der Waals surface area contributed by atoms with Crippen LogP contribution < -0.4 is 10.5 Å². The Balaban J connectivity index is 1.96. The normalized spacial score (nSPS) is 12.0. The highest BCUT2D eigenvalue weighted by Crippen LogP contribution is 2.34. The Bertz CT molecular complexity index is 1160. The van der Waals surface area contributed by atoms with Crippen LogP contribution in [-0.2, 0) is 16.2 Å². The van der Waals surface area contributed by atoms with Gasteiger partial charge in [-0.3, -0.25) is 4.79 Å². The van der Waals surface area contributed by atoms with Gasteiger partial charge in [0, 0.05) is 10.7 Å². The quantitative estimate of drug-likeness (QED) is 0.642. The lowest BCUT2D eigenvalue weighted by Crippen LogP contribution is -2.20. The minimum atomic E-state index is -4.87. The molecule has 3 N–H and O–H groups in total. The Morgan fingerprint density at radius 3 is 2.17 bits per heavy atom. The molecule has 0 fully saturated rings. The molecule has 2 aromatic carbocycles. The third-order valence-corrected chi connectivity index (χ3v) is 4.98. The third-order valence-electron chi connectivity index (χ3n) is 3.79. The molecular formula is C17H12ClF3N4O3S. The number of primary sulfonamides is 1. The van der Waals surface area contributed by atoms with Gasteiger partial charge >= 0.3 is 6.18 Å². The average molecular weight is 445 g/mol. The molecule has 0 unspecified atom stereocenters. The predicted octanol–water partition coefficient (Wildman–Crippen LogP) is 3.44. The molecule has 152 valence electrons. The molecule has 12 heteroatoms. The summed E-state index contributed by atoms with van der Waals surface area (Å²) in [4.78, 5) is 12.2. The predicted molar refractivity (Wildman–Crippen MR) is 99.3 cm³/mol. The van der Waals surface area contributed by atoms with Crippen molar-refractivity contribution < 1.29 is 26.4 Å². The van der Waals surface area contributed by atoms with Crippen molar-refractivity contribution in [2.45, 2.75) is 11.1 Å². The topological polar surface area (TPSA) is 107 Å². The number of aromatic nitrogens is 2. The molecule has 0 atom stereocenters. The summed E-state index contributed by atoms with van der Waals surface area (Å²) in [7, 11) is -3.94. The molecule has 29 heavy (non-hydrogen) atoms. The van der Waals surface area contributed by atoms with E-state index in [1.807, 2.05) is 0 Å². The van der Waals surface area contributed by atoms with E-state index in [-0.39, 0.29) is 16.3 Å². The van der Waals surface area contributed by atoms with Crippen LogP contribution in [0.25, 0.3) is 5.69 Å². The van der Waals surface area contributed by atoms with Gasteiger partial charge in [-0.15, -0.1) is 0 Å². The molecule has 1 aromatic heterocycles. The molecule has 0 bridgehead atoms. The van der Waals surface area contributed by atoms with Gasteiger partial charge in [0.25, 0.3) is 5.91 Å². The smallest absolute Gasteiger partial charge is 0.322 e. The molecular weight excluding hydrogens is 433 g/mol. The van der Waals surface area contributed by atoms with Gasteiger partial charge < -0.3 is 5.32 Å². The van der Waals surface area contributed by atoms with Crippen LogP contribution in [0.2, 0.25) is 5.02 Å². The molecule has 1 amide bonds. The average Bonchev–Trinajstić information content (AvgIpc) is 3.08. The zero-order chi connectivity index (χ0) is 21.4. The Kier molecular flexibility index (Phi) is 5.39. The number of alkyl halides is 3. The fraction of sp³-hybridized carbons (Fsp3) is 0.0588. The Morgan fingerprint density at radius 2 is 1.66 bits per heavy atom. The van der Waals surface area contributed by atoms with Gasteiger partial charge in [0.2, 0.25) is 10.0 Å². The van der Waals surface area contributed by atoms with Crippen LogP contribution in [0.5, 0.6) is 0 Å². The van der Waals surface area contributed by atoms with Crippen molar-refractivity contribution in [1.29, 1.82) is 0 Å². The maximum atomic E-state index is 13.6. The summed E-state index contributed by atoms with van der Waals surface area (Å²) < 4.78 is 64.0. The molecule has 0 radical (unpaired) electrons. The zero-order valence-electron chi connectivity index (χ0n) is 14.3. The van der Waals surface area contributed by atoms with Crippen LogP contribution in [-0.4, -0.2) is 24.1 Å². The number of rotatable bonds is 4. The Morgan fingerprint density at radius 1 is 1.07 bits per heavy atom. The van der Waals surface area contributed by atoms with Crippen molar-refractivity contribution in [2.75, 3.05) is 5.32 Å². The summed E-state index contributed by atoms with van der Waals surface area (Å²) in [6, 6.07) is 10.1. The van der Waals surface area contributed by atoms with Gasteiger partial charge in [0.1, 0.15) is 0 Å². The third kappa shape index (κ3) is 4.58. The molecule has 1 heterocycles. The monoisotopic (exact) mass is 444 g/mol. The number of hydrogen-bond acceptors (Lipinski definition) is 4. The molecule has 0 saturated carbocycles. The fourth-order valence-electron chi connectivity index (χ4n) is 2.49. The summed E-state index contributed by atoms with van der Waals surface area (Å²) in [5.74, 6) is -1.07. The van der Waals surface area contributed by atoms with Gasteiger partial charge in [-0.1, -0.05) is 11.6 Å². The standard InChI is InChI=1S/C17H12ClF3N4O3S/c18-10-1-5-12(6-2-10)25-15(17(19,20)21)14(9-23-25)16(26)24-11-3-7-13(8-4-11)29(22,27)28/h1-9H,(H,24,26)(H2,22,27,28). The molecule has 0 saturated heterocycles. The van der Waals surface area contributed by atoms with E-state index >= 15 is 0 Å². The number of anilines is 1. The highest BCUT2D eigenvalue weighted by molar-refractivity contribution is 7.89. The van der Waals surface area contributed by atoms with Crippen LogP contribution in [0.4, 0.5) is 18.9 Å². The van der Waals surface area contributed by atoms with Crippen molar-refractivity contribution in [3.05, 3.63) is 71.0 Å². The number of carbonyl (C=O) groups excluding carboxylic acids is 1. The second-order valence-electron chi connectivity index (χ2n) is 5.82. The second-order valence-corrected chi connectivity index (χ2v) is 7.81. The lowest BCUT2D eigenvalue weighted by molar-refractivity contribution is -0.143. The molecule has 0 aliphatic carbocycles. The number of sulfonamides is 1. The van der Waals surface area contributed by atoms with Crippen LogP contribution in [0.1, 0.15) is 16.1 Å². The molecule has 0 spiro atoms. The van der Waals surface area contributed by atoms with Gasteiger partial charge in [-0.25, -0.2) is 18.2 Å². The van der Waals surface area contributed by atoms with E-state index in [0.29, 0.717) is 9.70 Å². The van der Waals surface area contributed by atoms with Crippen molar-refractivity contribution in [3.63, 3.8) is 0 Å². The van der Waals surface area contributed by atoms with E-state index < -0.39 is 33.4 Å². The van der Waals surface area contributed by atoms with Crippen LogP contribution in [0.3, 0.4) is 0 Å². The summed E-state index contributed by atoms with van der Waals surface area (Å²) in [5.41, 5.74) is -1.82. The van der Waals surface area contributed by atoms with E-state index in [1.165, 1.54) is 36.4 Å². The Hall–Kier alpha value is -2.89. The van der Waals surface area contributed by atoms with Crippen LogP contribution in [0, 0.1) is 0 Å². The first kappa shape index (κ1) is 20.8. The fourth-order valence-corrected chi connectivity index (χ4v) is 3.13. The number of hydrogen-bond donors (Lipinski definition) is 2. The van der Waals surface area contributed by atoms with Crippen LogP contribution in [0.15, 0.2) is 59.6 Å². The van der Waals surface area contributed by atoms with Crippen molar-refractivity contribution in [1.82, 2.24) is 9.78 Å². The Labute approximate surface area is 167 Å². The van der Waals surface area contributed by atoms with Gasteiger partial charge in [-0.2, -0.15) is 18.3 Å². The van der Waals surface area contributed by atoms with Crippen molar-refractivity contribution in [3.8, 4) is 5.69 Å². The minimum absolute atomic E-state index is 0.0679.